The molecule has 1 heterocycles. The van der Waals surface area contributed by atoms with Crippen LogP contribution in [-0.2, 0) is 4.74 Å². The highest BCUT2D eigenvalue weighted by molar-refractivity contribution is 5.06. The maximum atomic E-state index is 9.25. The zero-order chi connectivity index (χ0) is 8.60. The number of ether oxygens (including phenoxy) is 1. The van der Waals surface area contributed by atoms with Crippen LogP contribution in [0.25, 0.3) is 0 Å². The Hall–Kier alpha value is -0.120. The van der Waals surface area contributed by atoms with E-state index in [2.05, 4.69) is 5.32 Å². The molecule has 12 heavy (non-hydrogen) atoms. The molecule has 1 aliphatic heterocycles. The molecule has 3 nitrogen and oxygen atoms in total. The summed E-state index contributed by atoms with van der Waals surface area (Å²) in [6.07, 6.45) is 5.03. The van der Waals surface area contributed by atoms with Crippen molar-refractivity contribution in [1.82, 2.24) is 5.32 Å². The van der Waals surface area contributed by atoms with Gasteiger partial charge in [0.15, 0.2) is 6.29 Å². The average molecular weight is 171 g/mol. The first kappa shape index (κ1) is 8.48. The van der Waals surface area contributed by atoms with E-state index in [4.69, 9.17) is 4.74 Å². The monoisotopic (exact) mass is 171 g/mol. The molecule has 70 valence electrons. The van der Waals surface area contributed by atoms with Gasteiger partial charge in [0.2, 0.25) is 0 Å². The third kappa shape index (κ3) is 1.63. The molecule has 2 atom stereocenters. The molecule has 0 aromatic carbocycles. The van der Waals surface area contributed by atoms with E-state index in [1.807, 2.05) is 6.92 Å². The lowest BCUT2D eigenvalue weighted by molar-refractivity contribution is -0.141. The molecule has 0 aromatic rings. The Bertz CT molecular complexity index is 168. The molecule has 2 N–H and O–H groups in total. The lowest BCUT2D eigenvalue weighted by atomic mass is 10.2. The van der Waals surface area contributed by atoms with Crippen LogP contribution in [0.4, 0.5) is 0 Å². The predicted octanol–water partition coefficient (Wildman–Crippen LogP) is 0.973. The summed E-state index contributed by atoms with van der Waals surface area (Å²) in [5.74, 6) is 0. The maximum absolute atomic E-state index is 9.25. The highest BCUT2D eigenvalue weighted by Gasteiger charge is 2.48. The van der Waals surface area contributed by atoms with Gasteiger partial charge in [-0.25, -0.2) is 0 Å². The minimum atomic E-state index is -0.587. The molecule has 0 amide bonds. The third-order valence-corrected chi connectivity index (χ3v) is 2.88. The highest BCUT2D eigenvalue weighted by Crippen LogP contribution is 2.44. The number of hydrogen-bond donors (Lipinski definition) is 2. The molecule has 3 heteroatoms. The summed E-state index contributed by atoms with van der Waals surface area (Å²) >= 11 is 0. The lowest BCUT2D eigenvalue weighted by Crippen LogP contribution is -2.35. The molecule has 0 aromatic heterocycles. The van der Waals surface area contributed by atoms with E-state index >= 15 is 0 Å². The van der Waals surface area contributed by atoms with Crippen molar-refractivity contribution in [1.29, 1.82) is 0 Å². The summed E-state index contributed by atoms with van der Waals surface area (Å²) < 4.78 is 5.38. The van der Waals surface area contributed by atoms with Gasteiger partial charge >= 0.3 is 0 Å². The number of nitrogens with one attached hydrogen (secondary N) is 1. The van der Waals surface area contributed by atoms with Crippen molar-refractivity contribution in [2.75, 3.05) is 0 Å². The fourth-order valence-electron chi connectivity index (χ4n) is 1.83. The second kappa shape index (κ2) is 2.98. The van der Waals surface area contributed by atoms with Gasteiger partial charge in [0.05, 0.1) is 0 Å². The fraction of sp³-hybridized carbons (Fsp3) is 1.00. The van der Waals surface area contributed by atoms with E-state index < -0.39 is 6.29 Å². The van der Waals surface area contributed by atoms with Crippen molar-refractivity contribution in [3.05, 3.63) is 0 Å². The van der Waals surface area contributed by atoms with Crippen LogP contribution in [0.3, 0.4) is 0 Å². The van der Waals surface area contributed by atoms with Gasteiger partial charge in [-0.3, -0.25) is 5.32 Å². The van der Waals surface area contributed by atoms with Crippen LogP contribution in [0.1, 0.15) is 39.0 Å². The second-order valence-corrected chi connectivity index (χ2v) is 3.95. The van der Waals surface area contributed by atoms with Gasteiger partial charge in [0.25, 0.3) is 0 Å². The number of rotatable bonds is 3. The summed E-state index contributed by atoms with van der Waals surface area (Å²) in [6.45, 7) is 1.92. The fourth-order valence-corrected chi connectivity index (χ4v) is 1.83. The minimum Gasteiger partial charge on any atom is -0.368 e. The first-order chi connectivity index (χ1) is 5.74. The highest BCUT2D eigenvalue weighted by atomic mass is 16.6. The minimum absolute atomic E-state index is 0.0995. The maximum Gasteiger partial charge on any atom is 0.156 e. The number of aliphatic hydroxyl groups excluding tert-OH is 1. The predicted molar refractivity (Wildman–Crippen MR) is 45.5 cm³/mol. The largest absolute Gasteiger partial charge is 0.368 e. The molecule has 0 bridgehead atoms. The molecule has 2 fully saturated rings. The van der Waals surface area contributed by atoms with Crippen molar-refractivity contribution >= 4 is 0 Å². The zero-order valence-electron chi connectivity index (χ0n) is 7.55. The quantitative estimate of drug-likeness (QED) is 0.622. The van der Waals surface area contributed by atoms with Crippen LogP contribution in [0.15, 0.2) is 0 Å². The van der Waals surface area contributed by atoms with E-state index in [1.165, 1.54) is 19.3 Å². The molecular weight excluding hydrogens is 154 g/mol. The van der Waals surface area contributed by atoms with Crippen molar-refractivity contribution in [2.45, 2.75) is 57.1 Å². The molecule has 0 radical (unpaired) electrons. The van der Waals surface area contributed by atoms with Crippen LogP contribution in [0.5, 0.6) is 0 Å². The normalized spacial score (nSPS) is 34.0. The first-order valence-corrected chi connectivity index (χ1v) is 4.85. The van der Waals surface area contributed by atoms with E-state index in [1.54, 1.807) is 0 Å². The van der Waals surface area contributed by atoms with Crippen LogP contribution >= 0.6 is 0 Å². The first-order valence-electron chi connectivity index (χ1n) is 4.85. The average Bonchev–Trinajstić information content (AvgIpc) is 2.68. The number of aliphatic hydroxyl groups is 1. The van der Waals surface area contributed by atoms with E-state index in [-0.39, 0.29) is 6.23 Å². The van der Waals surface area contributed by atoms with Gasteiger partial charge in [0.1, 0.15) is 6.23 Å². The third-order valence-electron chi connectivity index (χ3n) is 2.88. The van der Waals surface area contributed by atoms with Gasteiger partial charge in [-0.05, 0) is 32.1 Å². The molecular formula is C9H17NO2. The van der Waals surface area contributed by atoms with Crippen LogP contribution < -0.4 is 5.32 Å². The molecule has 1 aliphatic carbocycles. The Kier molecular flexibility index (Phi) is 2.10. The van der Waals surface area contributed by atoms with Crippen molar-refractivity contribution in [3.63, 3.8) is 0 Å². The standard InChI is InChI=1S/C9H17NO2/c1-2-8(11)12-7-3-4-9(10-7)5-6-9/h7-8,10-11H,2-6H2,1H3. The SMILES string of the molecule is CCC(O)OC1CCC2(CC2)N1. The summed E-state index contributed by atoms with van der Waals surface area (Å²) in [4.78, 5) is 0. The molecule has 2 rings (SSSR count). The Morgan fingerprint density at radius 2 is 2.33 bits per heavy atom. The smallest absolute Gasteiger partial charge is 0.156 e. The van der Waals surface area contributed by atoms with Gasteiger partial charge in [-0.2, -0.15) is 0 Å². The summed E-state index contributed by atoms with van der Waals surface area (Å²) in [5, 5.41) is 12.7. The number of hydrogen-bond acceptors (Lipinski definition) is 3. The molecule has 1 spiro atoms. The Balaban J connectivity index is 1.76. The topological polar surface area (TPSA) is 41.5 Å². The van der Waals surface area contributed by atoms with Crippen LogP contribution in [0, 0.1) is 0 Å². The Morgan fingerprint density at radius 1 is 1.58 bits per heavy atom. The van der Waals surface area contributed by atoms with Crippen molar-refractivity contribution in [2.24, 2.45) is 0 Å². The van der Waals surface area contributed by atoms with Crippen LogP contribution in [0.2, 0.25) is 0 Å². The Morgan fingerprint density at radius 3 is 2.83 bits per heavy atom. The zero-order valence-corrected chi connectivity index (χ0v) is 7.55. The second-order valence-electron chi connectivity index (χ2n) is 3.95. The van der Waals surface area contributed by atoms with E-state index in [0.29, 0.717) is 12.0 Å². The van der Waals surface area contributed by atoms with Crippen molar-refractivity contribution < 1.29 is 9.84 Å². The Labute approximate surface area is 73.1 Å². The molecule has 2 aliphatic rings. The lowest BCUT2D eigenvalue weighted by Gasteiger charge is -2.17. The van der Waals surface area contributed by atoms with Crippen molar-refractivity contribution in [3.8, 4) is 0 Å². The molecule has 1 saturated heterocycles. The van der Waals surface area contributed by atoms with E-state index in [0.717, 1.165) is 6.42 Å². The summed E-state index contributed by atoms with van der Waals surface area (Å²) in [5.41, 5.74) is 0.415. The summed E-state index contributed by atoms with van der Waals surface area (Å²) in [6, 6.07) is 0. The van der Waals surface area contributed by atoms with Gasteiger partial charge in [-0.1, -0.05) is 6.92 Å². The van der Waals surface area contributed by atoms with Crippen LogP contribution in [-0.4, -0.2) is 23.2 Å². The van der Waals surface area contributed by atoms with Gasteiger partial charge in [-0.15, -0.1) is 0 Å². The summed E-state index contributed by atoms with van der Waals surface area (Å²) in [7, 11) is 0. The molecule has 1 saturated carbocycles. The van der Waals surface area contributed by atoms with Gasteiger partial charge < -0.3 is 9.84 Å². The van der Waals surface area contributed by atoms with E-state index in [9.17, 15) is 5.11 Å². The van der Waals surface area contributed by atoms with Gasteiger partial charge in [0, 0.05) is 5.54 Å². The molecule has 2 unspecified atom stereocenters.